The number of allylic oxidation sites excluding steroid dienone is 1. The highest BCUT2D eigenvalue weighted by Gasteiger charge is 2.22. The van der Waals surface area contributed by atoms with Crippen LogP contribution < -0.4 is 5.56 Å². The van der Waals surface area contributed by atoms with Gasteiger partial charge in [-0.1, -0.05) is 36.0 Å². The summed E-state index contributed by atoms with van der Waals surface area (Å²) < 4.78 is 1.66. The van der Waals surface area contributed by atoms with E-state index in [1.807, 2.05) is 24.3 Å². The number of aromatic amines is 1. The molecule has 7 heteroatoms. The van der Waals surface area contributed by atoms with E-state index in [9.17, 15) is 9.59 Å². The first kappa shape index (κ1) is 19.3. The molecule has 0 aliphatic heterocycles. The number of para-hydroxylation sites is 1. The summed E-state index contributed by atoms with van der Waals surface area (Å²) in [6, 6.07) is 7.76. The Kier molecular flexibility index (Phi) is 5.08. The normalized spacial score (nSPS) is 13.6. The van der Waals surface area contributed by atoms with Crippen LogP contribution in [0.25, 0.3) is 21.1 Å². The van der Waals surface area contributed by atoms with Crippen molar-refractivity contribution in [3.63, 3.8) is 0 Å². The van der Waals surface area contributed by atoms with Crippen LogP contribution >= 0.6 is 23.1 Å². The van der Waals surface area contributed by atoms with Crippen LogP contribution in [0, 0.1) is 0 Å². The SMILES string of the molecule is C=CCn1c(SCC(=O)c2c[nH]c3ccccc23)nc2sc3c(c2c1=O)CCCC3. The number of thiophene rings is 1. The molecule has 0 amide bonds. The molecule has 0 atom stereocenters. The predicted molar refractivity (Wildman–Crippen MR) is 124 cm³/mol. The fourth-order valence-corrected chi connectivity index (χ4v) is 6.32. The molecule has 0 spiro atoms. The molecule has 0 bridgehead atoms. The zero-order valence-electron chi connectivity index (χ0n) is 16.4. The first-order valence-electron chi connectivity index (χ1n) is 10.1. The lowest BCUT2D eigenvalue weighted by Gasteiger charge is -2.12. The van der Waals surface area contributed by atoms with E-state index in [-0.39, 0.29) is 17.1 Å². The van der Waals surface area contributed by atoms with Crippen LogP contribution in [0.1, 0.15) is 33.6 Å². The maximum absolute atomic E-state index is 13.3. The first-order chi connectivity index (χ1) is 14.7. The van der Waals surface area contributed by atoms with E-state index >= 15 is 0 Å². The zero-order chi connectivity index (χ0) is 20.7. The summed E-state index contributed by atoms with van der Waals surface area (Å²) in [5.74, 6) is 0.240. The Morgan fingerprint density at radius 3 is 3.00 bits per heavy atom. The number of fused-ring (bicyclic) bond motifs is 4. The number of Topliss-reactive ketones (excluding diaryl/α,β-unsaturated/α-hetero) is 1. The molecule has 3 aromatic heterocycles. The minimum atomic E-state index is -0.0126. The Hall–Kier alpha value is -2.64. The van der Waals surface area contributed by atoms with Crippen molar-refractivity contribution < 1.29 is 4.79 Å². The number of H-pyrrole nitrogens is 1. The topological polar surface area (TPSA) is 67.8 Å². The Labute approximate surface area is 181 Å². The number of nitrogens with zero attached hydrogens (tertiary/aromatic N) is 2. The number of aryl methyl sites for hydroxylation is 2. The van der Waals surface area contributed by atoms with Crippen molar-refractivity contribution in [3.8, 4) is 0 Å². The lowest BCUT2D eigenvalue weighted by molar-refractivity contribution is 0.102. The van der Waals surface area contributed by atoms with Gasteiger partial charge in [0.2, 0.25) is 0 Å². The quantitative estimate of drug-likeness (QED) is 0.201. The third-order valence-electron chi connectivity index (χ3n) is 5.57. The van der Waals surface area contributed by atoms with Crippen LogP contribution in [0.15, 0.2) is 53.1 Å². The molecule has 4 aromatic rings. The molecule has 0 unspecified atom stereocenters. The van der Waals surface area contributed by atoms with Gasteiger partial charge in [-0.05, 0) is 37.3 Å². The van der Waals surface area contributed by atoms with Gasteiger partial charge in [-0.2, -0.15) is 0 Å². The lowest BCUT2D eigenvalue weighted by atomic mass is 9.97. The fourth-order valence-electron chi connectivity index (χ4n) is 4.13. The van der Waals surface area contributed by atoms with Crippen LogP contribution in [0.5, 0.6) is 0 Å². The van der Waals surface area contributed by atoms with Gasteiger partial charge >= 0.3 is 0 Å². The number of carbonyl (C=O) groups is 1. The number of thioether (sulfide) groups is 1. The Morgan fingerprint density at radius 2 is 2.13 bits per heavy atom. The highest BCUT2D eigenvalue weighted by molar-refractivity contribution is 7.99. The van der Waals surface area contributed by atoms with Crippen molar-refractivity contribution >= 4 is 50.0 Å². The minimum absolute atomic E-state index is 0.0126. The van der Waals surface area contributed by atoms with Gasteiger partial charge < -0.3 is 4.98 Å². The number of hydrogen-bond donors (Lipinski definition) is 1. The van der Waals surface area contributed by atoms with E-state index in [0.717, 1.165) is 40.4 Å². The number of rotatable bonds is 6. The number of ketones is 1. The summed E-state index contributed by atoms with van der Waals surface area (Å²) >= 11 is 2.96. The van der Waals surface area contributed by atoms with Crippen LogP contribution in [-0.2, 0) is 19.4 Å². The van der Waals surface area contributed by atoms with Gasteiger partial charge in [0.15, 0.2) is 10.9 Å². The number of hydrogen-bond acceptors (Lipinski definition) is 5. The van der Waals surface area contributed by atoms with Gasteiger partial charge in [0.1, 0.15) is 4.83 Å². The summed E-state index contributed by atoms with van der Waals surface area (Å²) in [7, 11) is 0. The molecule has 0 saturated heterocycles. The van der Waals surface area contributed by atoms with Crippen molar-refractivity contribution in [1.29, 1.82) is 0 Å². The summed E-state index contributed by atoms with van der Waals surface area (Å²) in [5, 5.41) is 2.27. The average Bonchev–Trinajstić information content (AvgIpc) is 3.35. The van der Waals surface area contributed by atoms with Gasteiger partial charge in [0.05, 0.1) is 11.1 Å². The van der Waals surface area contributed by atoms with Gasteiger partial charge in [-0.25, -0.2) is 4.98 Å². The molecule has 1 N–H and O–H groups in total. The van der Waals surface area contributed by atoms with Gasteiger partial charge in [-0.15, -0.1) is 17.9 Å². The molecule has 1 aliphatic carbocycles. The van der Waals surface area contributed by atoms with Gasteiger partial charge in [0.25, 0.3) is 5.56 Å². The molecular formula is C23H21N3O2S2. The second kappa shape index (κ2) is 7.89. The Balaban J connectivity index is 1.50. The van der Waals surface area contributed by atoms with Gasteiger partial charge in [-0.3, -0.25) is 14.2 Å². The van der Waals surface area contributed by atoms with Crippen LogP contribution in [0.4, 0.5) is 0 Å². The van der Waals surface area contributed by atoms with E-state index in [2.05, 4.69) is 11.6 Å². The summed E-state index contributed by atoms with van der Waals surface area (Å²) in [5.41, 5.74) is 2.78. The molecule has 152 valence electrons. The first-order valence-corrected chi connectivity index (χ1v) is 11.9. The number of benzene rings is 1. The molecule has 0 radical (unpaired) electrons. The van der Waals surface area contributed by atoms with Crippen molar-refractivity contribution in [2.75, 3.05) is 5.75 Å². The predicted octanol–water partition coefficient (Wildman–Crippen LogP) is 4.98. The fraction of sp³-hybridized carbons (Fsp3) is 0.261. The standard InChI is InChI=1S/C23H21N3O2S2/c1-2-11-26-22(28)20-15-8-4-6-10-19(15)30-21(20)25-23(26)29-13-18(27)16-12-24-17-9-5-3-7-14(16)17/h2-3,5,7,9,12,24H,1,4,6,8,10-11,13H2. The Bertz CT molecular complexity index is 1350. The minimum Gasteiger partial charge on any atom is -0.360 e. The van der Waals surface area contributed by atoms with Crippen molar-refractivity contribution in [2.45, 2.75) is 37.4 Å². The van der Waals surface area contributed by atoms with E-state index in [0.29, 0.717) is 17.3 Å². The smallest absolute Gasteiger partial charge is 0.263 e. The number of aromatic nitrogens is 3. The second-order valence-electron chi connectivity index (χ2n) is 7.45. The van der Waals surface area contributed by atoms with Crippen LogP contribution in [-0.4, -0.2) is 26.1 Å². The summed E-state index contributed by atoms with van der Waals surface area (Å²) in [6.07, 6.45) is 7.73. The van der Waals surface area contributed by atoms with Crippen LogP contribution in [0.2, 0.25) is 0 Å². The number of nitrogens with one attached hydrogen (secondary N) is 1. The van der Waals surface area contributed by atoms with E-state index < -0.39 is 0 Å². The average molecular weight is 436 g/mol. The molecule has 3 heterocycles. The molecule has 30 heavy (non-hydrogen) atoms. The molecular weight excluding hydrogens is 414 g/mol. The maximum Gasteiger partial charge on any atom is 0.263 e. The van der Waals surface area contributed by atoms with E-state index in [4.69, 9.17) is 4.98 Å². The molecule has 0 fully saturated rings. The van der Waals surface area contributed by atoms with E-state index in [1.54, 1.807) is 28.2 Å². The molecule has 1 aliphatic rings. The molecule has 5 nitrogen and oxygen atoms in total. The monoisotopic (exact) mass is 435 g/mol. The highest BCUT2D eigenvalue weighted by Crippen LogP contribution is 2.35. The van der Waals surface area contributed by atoms with Gasteiger partial charge in [0, 0.05) is 34.1 Å². The Morgan fingerprint density at radius 1 is 1.30 bits per heavy atom. The summed E-state index contributed by atoms with van der Waals surface area (Å²) in [6.45, 7) is 4.18. The highest BCUT2D eigenvalue weighted by atomic mass is 32.2. The molecule has 1 aromatic carbocycles. The van der Waals surface area contributed by atoms with Crippen molar-refractivity contribution in [3.05, 3.63) is 69.5 Å². The summed E-state index contributed by atoms with van der Waals surface area (Å²) in [4.78, 5) is 36.2. The maximum atomic E-state index is 13.3. The third-order valence-corrected chi connectivity index (χ3v) is 7.74. The van der Waals surface area contributed by atoms with Crippen LogP contribution in [0.3, 0.4) is 0 Å². The number of carbonyl (C=O) groups excluding carboxylic acids is 1. The van der Waals surface area contributed by atoms with Crippen molar-refractivity contribution in [2.24, 2.45) is 0 Å². The lowest BCUT2D eigenvalue weighted by Crippen LogP contribution is -2.23. The zero-order valence-corrected chi connectivity index (χ0v) is 18.1. The second-order valence-corrected chi connectivity index (χ2v) is 9.48. The molecule has 5 rings (SSSR count). The van der Waals surface area contributed by atoms with E-state index in [1.165, 1.54) is 28.6 Å². The van der Waals surface area contributed by atoms with Crippen molar-refractivity contribution in [1.82, 2.24) is 14.5 Å². The largest absolute Gasteiger partial charge is 0.360 e. The molecule has 0 saturated carbocycles. The third kappa shape index (κ3) is 3.22.